The van der Waals surface area contributed by atoms with Crippen LogP contribution < -0.4 is 25.6 Å². The van der Waals surface area contributed by atoms with Crippen molar-refractivity contribution in [2.24, 2.45) is 0 Å². The summed E-state index contributed by atoms with van der Waals surface area (Å²) >= 11 is 0. The number of ether oxygens (including phenoxy) is 1. The van der Waals surface area contributed by atoms with Gasteiger partial charge in [0.2, 0.25) is 5.95 Å². The zero-order valence-electron chi connectivity index (χ0n) is 21.5. The van der Waals surface area contributed by atoms with Gasteiger partial charge in [-0.25, -0.2) is 4.98 Å². The second-order valence-corrected chi connectivity index (χ2v) is 13.2. The Hall–Kier alpha value is -3.09. The fourth-order valence-electron chi connectivity index (χ4n) is 4.59. The van der Waals surface area contributed by atoms with Crippen molar-refractivity contribution in [1.82, 2.24) is 14.9 Å². The molecule has 5 rings (SSSR count). The molecule has 190 valence electrons. The van der Waals surface area contributed by atoms with E-state index in [-0.39, 0.29) is 0 Å². The van der Waals surface area contributed by atoms with Crippen LogP contribution in [0.25, 0.3) is 0 Å². The Morgan fingerprint density at radius 1 is 1.00 bits per heavy atom. The molecule has 2 heterocycles. The quantitative estimate of drug-likeness (QED) is 0.420. The minimum atomic E-state index is -2.46. The normalized spacial score (nSPS) is 16.6. The number of piperazine rings is 1. The number of para-hydroxylation sites is 1. The molecule has 0 bridgehead atoms. The van der Waals surface area contributed by atoms with Crippen LogP contribution in [0.1, 0.15) is 24.3 Å². The van der Waals surface area contributed by atoms with Crippen LogP contribution in [0.15, 0.2) is 48.7 Å². The third-order valence-corrected chi connectivity index (χ3v) is 8.42. The number of likely N-dealkylation sites (N-methyl/N-ethyl adjacent to an activating group) is 1. The summed E-state index contributed by atoms with van der Waals surface area (Å²) in [5.74, 6) is 2.45. The highest BCUT2D eigenvalue weighted by molar-refractivity contribution is 7.70. The minimum Gasteiger partial charge on any atom is -0.494 e. The lowest BCUT2D eigenvalue weighted by Crippen LogP contribution is -2.44. The molecule has 2 N–H and O–H groups in total. The Balaban J connectivity index is 1.41. The summed E-state index contributed by atoms with van der Waals surface area (Å²) in [6.07, 6.45) is 4.17. The van der Waals surface area contributed by atoms with Crippen LogP contribution in [-0.4, -0.2) is 68.5 Å². The van der Waals surface area contributed by atoms with Gasteiger partial charge in [-0.1, -0.05) is 12.1 Å². The SMILES string of the molecule is COc1cc(N2CCN(C)CC2)ccc1Nc1ncc(C2CC2)c(Nc2ccccc2P(C)(C)=O)n1. The molecular formula is C27H35N6O2P. The second kappa shape index (κ2) is 10.1. The van der Waals surface area contributed by atoms with Crippen molar-refractivity contribution in [2.45, 2.75) is 18.8 Å². The lowest BCUT2D eigenvalue weighted by molar-refractivity contribution is 0.312. The molecule has 0 amide bonds. The van der Waals surface area contributed by atoms with Crippen LogP contribution in [0.2, 0.25) is 0 Å². The Kier molecular flexibility index (Phi) is 6.91. The number of nitrogens with one attached hydrogen (secondary N) is 2. The number of benzene rings is 2. The third kappa shape index (κ3) is 5.50. The molecule has 8 nitrogen and oxygen atoms in total. The van der Waals surface area contributed by atoms with E-state index in [0.29, 0.717) is 11.9 Å². The van der Waals surface area contributed by atoms with Crippen molar-refractivity contribution in [3.8, 4) is 5.75 Å². The highest BCUT2D eigenvalue weighted by Gasteiger charge is 2.28. The molecule has 1 aliphatic heterocycles. The number of aromatic nitrogens is 2. The van der Waals surface area contributed by atoms with Gasteiger partial charge in [0.25, 0.3) is 0 Å². The number of anilines is 5. The zero-order chi connectivity index (χ0) is 25.3. The molecule has 1 aromatic heterocycles. The van der Waals surface area contributed by atoms with Crippen molar-refractivity contribution in [3.63, 3.8) is 0 Å². The second-order valence-electron chi connectivity index (χ2n) is 10.1. The van der Waals surface area contributed by atoms with E-state index in [1.807, 2.05) is 36.5 Å². The third-order valence-electron chi connectivity index (χ3n) is 6.87. The maximum atomic E-state index is 12.9. The van der Waals surface area contributed by atoms with Crippen LogP contribution in [0.5, 0.6) is 5.75 Å². The summed E-state index contributed by atoms with van der Waals surface area (Å²) < 4.78 is 18.6. The topological polar surface area (TPSA) is 82.6 Å². The first-order valence-electron chi connectivity index (χ1n) is 12.5. The predicted octanol–water partition coefficient (Wildman–Crippen LogP) is 4.85. The zero-order valence-corrected chi connectivity index (χ0v) is 22.4. The lowest BCUT2D eigenvalue weighted by Gasteiger charge is -2.34. The number of rotatable bonds is 8. The highest BCUT2D eigenvalue weighted by atomic mass is 31.2. The van der Waals surface area contributed by atoms with E-state index in [9.17, 15) is 4.57 Å². The lowest BCUT2D eigenvalue weighted by atomic mass is 10.2. The Morgan fingerprint density at radius 2 is 1.75 bits per heavy atom. The van der Waals surface area contributed by atoms with E-state index in [1.54, 1.807) is 20.4 Å². The fourth-order valence-corrected chi connectivity index (χ4v) is 5.74. The minimum absolute atomic E-state index is 0.459. The summed E-state index contributed by atoms with van der Waals surface area (Å²) in [7, 11) is 1.38. The average molecular weight is 507 g/mol. The van der Waals surface area contributed by atoms with Crippen LogP contribution in [0.4, 0.5) is 28.8 Å². The van der Waals surface area contributed by atoms with Gasteiger partial charge in [0.15, 0.2) is 0 Å². The molecule has 0 atom stereocenters. The molecule has 1 saturated carbocycles. The van der Waals surface area contributed by atoms with Gasteiger partial charge >= 0.3 is 0 Å². The molecular weight excluding hydrogens is 471 g/mol. The Morgan fingerprint density at radius 3 is 2.44 bits per heavy atom. The monoisotopic (exact) mass is 506 g/mol. The van der Waals surface area contributed by atoms with Gasteiger partial charge in [-0.2, -0.15) is 4.98 Å². The Labute approximate surface area is 213 Å². The average Bonchev–Trinajstić information content (AvgIpc) is 3.70. The largest absolute Gasteiger partial charge is 0.494 e. The first-order chi connectivity index (χ1) is 17.3. The van der Waals surface area contributed by atoms with Gasteiger partial charge in [0.1, 0.15) is 18.7 Å². The van der Waals surface area contributed by atoms with Crippen molar-refractivity contribution in [3.05, 3.63) is 54.2 Å². The first kappa shape index (κ1) is 24.6. The molecule has 0 radical (unpaired) electrons. The smallest absolute Gasteiger partial charge is 0.229 e. The first-order valence-corrected chi connectivity index (χ1v) is 15.1. The van der Waals surface area contributed by atoms with E-state index >= 15 is 0 Å². The standard InChI is InChI=1S/C27H35N6O2P/c1-32-13-15-33(16-14-32)20-11-12-22(24(17-20)35-2)30-27-28-18-21(19-9-10-19)26(31-27)29-23-7-5-6-8-25(23)36(3,4)34/h5-8,11-12,17-19H,9-10,13-16H2,1-4H3,(H2,28,29,30,31). The number of hydrogen-bond donors (Lipinski definition) is 2. The van der Waals surface area contributed by atoms with Crippen LogP contribution >= 0.6 is 7.14 Å². The summed E-state index contributed by atoms with van der Waals surface area (Å²) in [4.78, 5) is 14.2. The number of nitrogens with zero attached hydrogens (tertiary/aromatic N) is 4. The fraction of sp³-hybridized carbons (Fsp3) is 0.407. The van der Waals surface area contributed by atoms with Crippen LogP contribution in [0, 0.1) is 0 Å². The molecule has 3 aromatic rings. The molecule has 9 heteroatoms. The van der Waals surface area contributed by atoms with E-state index in [4.69, 9.17) is 9.72 Å². The van der Waals surface area contributed by atoms with Gasteiger partial charge in [-0.05, 0) is 63.4 Å². The van der Waals surface area contributed by atoms with Gasteiger partial charge in [-0.15, -0.1) is 0 Å². The van der Waals surface area contributed by atoms with Gasteiger partial charge in [0, 0.05) is 55.0 Å². The van der Waals surface area contributed by atoms with Crippen molar-refractivity contribution < 1.29 is 9.30 Å². The summed E-state index contributed by atoms with van der Waals surface area (Å²) in [5, 5.41) is 7.64. The number of methoxy groups -OCH3 is 1. The maximum Gasteiger partial charge on any atom is 0.229 e. The molecule has 2 aromatic carbocycles. The molecule has 1 saturated heterocycles. The summed E-state index contributed by atoms with van der Waals surface area (Å²) in [5.41, 5.74) is 3.88. The molecule has 1 aliphatic carbocycles. The van der Waals surface area contributed by atoms with Gasteiger partial charge < -0.3 is 29.7 Å². The van der Waals surface area contributed by atoms with E-state index in [2.05, 4.69) is 44.6 Å². The molecule has 36 heavy (non-hydrogen) atoms. The maximum absolute atomic E-state index is 12.9. The summed E-state index contributed by atoms with van der Waals surface area (Å²) in [6, 6.07) is 14.0. The number of hydrogen-bond acceptors (Lipinski definition) is 8. The molecule has 2 aliphatic rings. The van der Waals surface area contributed by atoms with E-state index < -0.39 is 7.14 Å². The Bertz CT molecular complexity index is 1280. The summed E-state index contributed by atoms with van der Waals surface area (Å²) in [6.45, 7) is 7.68. The van der Waals surface area contributed by atoms with Crippen molar-refractivity contribution in [2.75, 3.05) is 69.2 Å². The highest BCUT2D eigenvalue weighted by Crippen LogP contribution is 2.44. The predicted molar refractivity (Wildman–Crippen MR) is 149 cm³/mol. The van der Waals surface area contributed by atoms with Gasteiger partial charge in [0.05, 0.1) is 18.5 Å². The van der Waals surface area contributed by atoms with Crippen LogP contribution in [-0.2, 0) is 4.57 Å². The van der Waals surface area contributed by atoms with Crippen molar-refractivity contribution >= 4 is 41.3 Å². The van der Waals surface area contributed by atoms with Crippen LogP contribution in [0.3, 0.4) is 0 Å². The van der Waals surface area contributed by atoms with E-state index in [1.165, 1.54) is 0 Å². The van der Waals surface area contributed by atoms with E-state index in [0.717, 1.165) is 78.5 Å². The molecule has 0 spiro atoms. The van der Waals surface area contributed by atoms with Gasteiger partial charge in [-0.3, -0.25) is 0 Å². The molecule has 0 unspecified atom stereocenters. The van der Waals surface area contributed by atoms with Crippen molar-refractivity contribution in [1.29, 1.82) is 0 Å². The molecule has 2 fully saturated rings.